The predicted molar refractivity (Wildman–Crippen MR) is 94.5 cm³/mol. The monoisotopic (exact) mass is 372 g/mol. The lowest BCUT2D eigenvalue weighted by Crippen LogP contribution is -2.30. The van der Waals surface area contributed by atoms with Gasteiger partial charge in [0.05, 0.1) is 10.8 Å². The van der Waals surface area contributed by atoms with Gasteiger partial charge < -0.3 is 10.1 Å². The maximum absolute atomic E-state index is 13.0. The fraction of sp³-hybridized carbons (Fsp3) is 0.263. The summed E-state index contributed by atoms with van der Waals surface area (Å²) >= 11 is 0. The van der Waals surface area contributed by atoms with Gasteiger partial charge in [-0.25, -0.2) is 4.39 Å². The zero-order valence-electron chi connectivity index (χ0n) is 14.4. The van der Waals surface area contributed by atoms with E-state index in [2.05, 4.69) is 5.32 Å². The van der Waals surface area contributed by atoms with Crippen molar-refractivity contribution in [1.82, 2.24) is 0 Å². The van der Waals surface area contributed by atoms with E-state index in [1.54, 1.807) is 18.2 Å². The Morgan fingerprint density at radius 3 is 2.56 bits per heavy atom. The first-order valence-electron chi connectivity index (χ1n) is 8.37. The van der Waals surface area contributed by atoms with E-state index in [9.17, 15) is 24.1 Å². The Balaban J connectivity index is 1.57. The molecule has 0 bridgehead atoms. The Bertz CT molecular complexity index is 884. The van der Waals surface area contributed by atoms with Gasteiger partial charge in [0, 0.05) is 6.07 Å². The number of nitro groups is 1. The fourth-order valence-corrected chi connectivity index (χ4v) is 2.82. The molecule has 1 aliphatic carbocycles. The molecule has 27 heavy (non-hydrogen) atoms. The summed E-state index contributed by atoms with van der Waals surface area (Å²) in [6.07, 6.45) is -0.532. The molecule has 1 N–H and O–H groups in total. The molecule has 3 unspecified atom stereocenters. The van der Waals surface area contributed by atoms with Crippen molar-refractivity contribution in [2.75, 3.05) is 5.32 Å². The van der Waals surface area contributed by atoms with Crippen LogP contribution in [0.15, 0.2) is 48.5 Å². The highest BCUT2D eigenvalue weighted by molar-refractivity contribution is 5.97. The van der Waals surface area contributed by atoms with Crippen molar-refractivity contribution in [3.8, 4) is 0 Å². The van der Waals surface area contributed by atoms with Crippen LogP contribution in [0.1, 0.15) is 24.8 Å². The summed E-state index contributed by atoms with van der Waals surface area (Å²) in [5.74, 6) is -1.95. The van der Waals surface area contributed by atoms with Gasteiger partial charge in [0.25, 0.3) is 11.6 Å². The third-order valence-corrected chi connectivity index (χ3v) is 4.41. The smallest absolute Gasteiger partial charge is 0.310 e. The van der Waals surface area contributed by atoms with Gasteiger partial charge in [-0.1, -0.05) is 24.3 Å². The largest absolute Gasteiger partial charge is 0.452 e. The van der Waals surface area contributed by atoms with Crippen LogP contribution in [0.2, 0.25) is 0 Å². The van der Waals surface area contributed by atoms with Gasteiger partial charge in [0.1, 0.15) is 11.5 Å². The van der Waals surface area contributed by atoms with E-state index in [-0.39, 0.29) is 29.0 Å². The first-order chi connectivity index (χ1) is 12.9. The van der Waals surface area contributed by atoms with Crippen molar-refractivity contribution in [2.24, 2.45) is 5.92 Å². The van der Waals surface area contributed by atoms with Crippen LogP contribution in [-0.2, 0) is 14.3 Å². The van der Waals surface area contributed by atoms with Crippen LogP contribution < -0.4 is 5.32 Å². The van der Waals surface area contributed by atoms with E-state index < -0.39 is 22.9 Å². The number of ether oxygens (including phenoxy) is 1. The molecule has 0 radical (unpaired) electrons. The number of carbonyl (C=O) groups excluding carboxylic acids is 2. The van der Waals surface area contributed by atoms with Crippen LogP contribution in [-0.4, -0.2) is 22.9 Å². The number of halogens is 1. The normalized spacial score (nSPS) is 19.0. The van der Waals surface area contributed by atoms with Crippen LogP contribution in [0, 0.1) is 21.8 Å². The number of nitrogens with zero attached hydrogens (tertiary/aromatic N) is 1. The first-order valence-corrected chi connectivity index (χ1v) is 8.37. The Morgan fingerprint density at radius 1 is 1.22 bits per heavy atom. The number of nitro benzene ring substituents is 1. The number of amides is 1. The minimum Gasteiger partial charge on any atom is -0.452 e. The Labute approximate surface area is 154 Å². The summed E-state index contributed by atoms with van der Waals surface area (Å²) in [4.78, 5) is 34.8. The maximum Gasteiger partial charge on any atom is 0.310 e. The van der Waals surface area contributed by atoms with E-state index in [0.29, 0.717) is 6.42 Å². The second kappa shape index (κ2) is 7.53. The lowest BCUT2D eigenvalue weighted by Gasteiger charge is -2.13. The second-order valence-corrected chi connectivity index (χ2v) is 6.34. The van der Waals surface area contributed by atoms with E-state index in [1.165, 1.54) is 37.3 Å². The van der Waals surface area contributed by atoms with Crippen molar-refractivity contribution in [3.05, 3.63) is 70.0 Å². The number of anilines is 1. The van der Waals surface area contributed by atoms with Crippen LogP contribution in [0.3, 0.4) is 0 Å². The van der Waals surface area contributed by atoms with Crippen molar-refractivity contribution in [1.29, 1.82) is 0 Å². The second-order valence-electron chi connectivity index (χ2n) is 6.34. The minimum absolute atomic E-state index is 0.0333. The van der Waals surface area contributed by atoms with E-state index in [0.717, 1.165) is 5.56 Å². The topological polar surface area (TPSA) is 98.5 Å². The van der Waals surface area contributed by atoms with Gasteiger partial charge in [0.15, 0.2) is 6.10 Å². The molecular weight excluding hydrogens is 355 g/mol. The number of esters is 1. The third-order valence-electron chi connectivity index (χ3n) is 4.41. The number of nitrogens with one attached hydrogen (secondary N) is 1. The van der Waals surface area contributed by atoms with E-state index in [1.807, 2.05) is 0 Å². The van der Waals surface area contributed by atoms with Crippen LogP contribution in [0.4, 0.5) is 15.8 Å². The molecule has 0 aromatic heterocycles. The lowest BCUT2D eigenvalue weighted by molar-refractivity contribution is -0.383. The number of carbonyl (C=O) groups is 2. The number of para-hydroxylation sites is 2. The van der Waals surface area contributed by atoms with Gasteiger partial charge in [0.2, 0.25) is 0 Å². The number of rotatable bonds is 6. The molecule has 1 amide bonds. The van der Waals surface area contributed by atoms with Crippen molar-refractivity contribution >= 4 is 23.3 Å². The molecule has 7 nitrogen and oxygen atoms in total. The van der Waals surface area contributed by atoms with Gasteiger partial charge >= 0.3 is 5.97 Å². The molecule has 1 aliphatic rings. The van der Waals surface area contributed by atoms with Crippen molar-refractivity contribution in [3.63, 3.8) is 0 Å². The van der Waals surface area contributed by atoms with Gasteiger partial charge in [-0.2, -0.15) is 0 Å². The molecule has 0 spiro atoms. The third kappa shape index (κ3) is 4.28. The molecule has 3 rings (SSSR count). The fourth-order valence-electron chi connectivity index (χ4n) is 2.82. The zero-order valence-corrected chi connectivity index (χ0v) is 14.4. The summed E-state index contributed by atoms with van der Waals surface area (Å²) in [6.45, 7) is 1.40. The molecule has 1 fully saturated rings. The zero-order chi connectivity index (χ0) is 19.6. The Hall–Kier alpha value is -3.29. The molecule has 0 saturated heterocycles. The molecule has 1 saturated carbocycles. The number of hydrogen-bond donors (Lipinski definition) is 1. The van der Waals surface area contributed by atoms with Gasteiger partial charge in [-0.05, 0) is 43.0 Å². The molecule has 8 heteroatoms. The standard InChI is InChI=1S/C19H17FN2O5/c1-11(18(23)21-16-4-2-3-5-17(16)22(25)26)27-19(24)15-10-14(15)12-6-8-13(20)9-7-12/h2-9,11,14-15H,10H2,1H3,(H,21,23). The highest BCUT2D eigenvalue weighted by atomic mass is 19.1. The summed E-state index contributed by atoms with van der Waals surface area (Å²) < 4.78 is 18.2. The molecule has 2 aromatic rings. The maximum atomic E-state index is 13.0. The van der Waals surface area contributed by atoms with E-state index >= 15 is 0 Å². The first kappa shape index (κ1) is 18.5. The van der Waals surface area contributed by atoms with Gasteiger partial charge in [-0.3, -0.25) is 19.7 Å². The van der Waals surface area contributed by atoms with Crippen molar-refractivity contribution in [2.45, 2.75) is 25.4 Å². The molecule has 0 heterocycles. The number of hydrogen-bond acceptors (Lipinski definition) is 5. The lowest BCUT2D eigenvalue weighted by atomic mass is 10.1. The molecule has 3 atom stereocenters. The quantitative estimate of drug-likeness (QED) is 0.476. The van der Waals surface area contributed by atoms with Crippen molar-refractivity contribution < 1.29 is 23.6 Å². The molecular formula is C19H17FN2O5. The number of benzene rings is 2. The molecule has 140 valence electrons. The van der Waals surface area contributed by atoms with E-state index in [4.69, 9.17) is 4.74 Å². The Morgan fingerprint density at radius 2 is 1.89 bits per heavy atom. The average Bonchev–Trinajstić information content (AvgIpc) is 3.43. The summed E-state index contributed by atoms with van der Waals surface area (Å²) in [5, 5.41) is 13.4. The minimum atomic E-state index is -1.10. The Kier molecular flexibility index (Phi) is 5.16. The predicted octanol–water partition coefficient (Wildman–Crippen LogP) is 3.41. The van der Waals surface area contributed by atoms with Crippen LogP contribution in [0.5, 0.6) is 0 Å². The highest BCUT2D eigenvalue weighted by Gasteiger charge is 2.46. The average molecular weight is 372 g/mol. The van der Waals surface area contributed by atoms with Crippen LogP contribution >= 0.6 is 0 Å². The highest BCUT2D eigenvalue weighted by Crippen LogP contribution is 2.48. The van der Waals surface area contributed by atoms with Gasteiger partial charge in [-0.15, -0.1) is 0 Å². The summed E-state index contributed by atoms with van der Waals surface area (Å²) in [7, 11) is 0. The van der Waals surface area contributed by atoms with Crippen LogP contribution in [0.25, 0.3) is 0 Å². The molecule has 0 aliphatic heterocycles. The summed E-state index contributed by atoms with van der Waals surface area (Å²) in [6, 6.07) is 11.6. The SMILES string of the molecule is CC(OC(=O)C1CC1c1ccc(F)cc1)C(=O)Nc1ccccc1[N+](=O)[O-]. The summed E-state index contributed by atoms with van der Waals surface area (Å²) in [5.41, 5.74) is 0.629. The molecule has 2 aromatic carbocycles.